The van der Waals surface area contributed by atoms with E-state index in [0.29, 0.717) is 5.90 Å². The van der Waals surface area contributed by atoms with Crippen LogP contribution in [0.25, 0.3) is 0 Å². The van der Waals surface area contributed by atoms with Gasteiger partial charge in [-0.2, -0.15) is 0 Å². The Bertz CT molecular complexity index is 179. The first-order valence-electron chi connectivity index (χ1n) is 4.79. The molecule has 0 saturated carbocycles. The van der Waals surface area contributed by atoms with Crippen LogP contribution in [0.15, 0.2) is 12.7 Å². The third kappa shape index (κ3) is 5.45. The summed E-state index contributed by atoms with van der Waals surface area (Å²) >= 11 is 0. The third-order valence-electron chi connectivity index (χ3n) is 1.73. The van der Waals surface area contributed by atoms with Crippen LogP contribution in [-0.4, -0.2) is 11.5 Å². The van der Waals surface area contributed by atoms with Crippen molar-refractivity contribution >= 4 is 5.90 Å². The van der Waals surface area contributed by atoms with Gasteiger partial charge in [0.15, 0.2) is 5.90 Å². The van der Waals surface area contributed by atoms with Crippen LogP contribution in [0.3, 0.4) is 0 Å². The predicted molar refractivity (Wildman–Crippen MR) is 57.2 cm³/mol. The maximum Gasteiger partial charge on any atom is 0.184 e. The largest absolute Gasteiger partial charge is 0.475 e. The molecule has 0 aromatic rings. The summed E-state index contributed by atoms with van der Waals surface area (Å²) in [5.41, 5.74) is -0.258. The van der Waals surface area contributed by atoms with E-state index in [1.54, 1.807) is 0 Å². The summed E-state index contributed by atoms with van der Waals surface area (Å²) in [6.45, 7) is 11.6. The van der Waals surface area contributed by atoms with Gasteiger partial charge in [0.05, 0.1) is 0 Å². The predicted octanol–water partition coefficient (Wildman–Crippen LogP) is 3.38. The molecule has 1 N–H and O–H groups in total. The standard InChI is InChI=1S/C11H21NO/c1-6-8-9(7-2)10(12)13-11(3,4)5/h6,9,12H,1,7-8H2,2-5H3. The number of nitrogens with one attached hydrogen (secondary N) is 1. The molecule has 1 unspecified atom stereocenters. The summed E-state index contributed by atoms with van der Waals surface area (Å²) in [5.74, 6) is 0.576. The second-order valence-electron chi connectivity index (χ2n) is 4.21. The van der Waals surface area contributed by atoms with Crippen molar-refractivity contribution in [1.29, 1.82) is 5.41 Å². The van der Waals surface area contributed by atoms with Crippen molar-refractivity contribution < 1.29 is 4.74 Å². The van der Waals surface area contributed by atoms with Gasteiger partial charge in [-0.05, 0) is 33.6 Å². The molecule has 76 valence electrons. The maximum atomic E-state index is 7.73. The Labute approximate surface area is 81.5 Å². The Hall–Kier alpha value is -0.790. The summed E-state index contributed by atoms with van der Waals surface area (Å²) in [4.78, 5) is 0. The lowest BCUT2D eigenvalue weighted by atomic mass is 10.0. The molecule has 0 spiro atoms. The van der Waals surface area contributed by atoms with Crippen molar-refractivity contribution in [2.24, 2.45) is 5.92 Å². The first kappa shape index (κ1) is 12.2. The van der Waals surface area contributed by atoms with Crippen molar-refractivity contribution in [2.75, 3.05) is 0 Å². The molecule has 0 aromatic carbocycles. The average Bonchev–Trinajstić information content (AvgIpc) is 1.96. The van der Waals surface area contributed by atoms with Crippen LogP contribution < -0.4 is 0 Å². The van der Waals surface area contributed by atoms with Gasteiger partial charge in [0.2, 0.25) is 0 Å². The summed E-state index contributed by atoms with van der Waals surface area (Å²) in [6, 6.07) is 0. The molecule has 0 aliphatic heterocycles. The van der Waals surface area contributed by atoms with Crippen LogP contribution in [0.2, 0.25) is 0 Å². The Morgan fingerprint density at radius 3 is 2.38 bits per heavy atom. The minimum atomic E-state index is -0.258. The molecule has 0 aliphatic carbocycles. The zero-order valence-corrected chi connectivity index (χ0v) is 9.18. The molecule has 0 heterocycles. The van der Waals surface area contributed by atoms with E-state index >= 15 is 0 Å². The number of ether oxygens (including phenoxy) is 1. The van der Waals surface area contributed by atoms with Gasteiger partial charge in [-0.15, -0.1) is 6.58 Å². The number of allylic oxidation sites excluding steroid dienone is 1. The molecule has 0 fully saturated rings. The molecular formula is C11H21NO. The summed E-state index contributed by atoms with van der Waals surface area (Å²) < 4.78 is 5.48. The number of hydrogen-bond acceptors (Lipinski definition) is 2. The van der Waals surface area contributed by atoms with E-state index < -0.39 is 0 Å². The van der Waals surface area contributed by atoms with E-state index in [-0.39, 0.29) is 11.5 Å². The average molecular weight is 183 g/mol. The van der Waals surface area contributed by atoms with Crippen molar-refractivity contribution in [3.8, 4) is 0 Å². The second-order valence-corrected chi connectivity index (χ2v) is 4.21. The lowest BCUT2D eigenvalue weighted by Gasteiger charge is -2.25. The molecule has 2 nitrogen and oxygen atoms in total. The monoisotopic (exact) mass is 183 g/mol. The van der Waals surface area contributed by atoms with Crippen LogP contribution in [0, 0.1) is 11.3 Å². The first-order chi connectivity index (χ1) is 5.90. The van der Waals surface area contributed by atoms with Gasteiger partial charge in [0.1, 0.15) is 5.60 Å². The molecule has 0 amide bonds. The highest BCUT2D eigenvalue weighted by atomic mass is 16.5. The Balaban J connectivity index is 4.13. The Kier molecular flexibility index (Phi) is 4.74. The summed E-state index contributed by atoms with van der Waals surface area (Å²) in [5, 5.41) is 7.73. The van der Waals surface area contributed by atoms with E-state index in [2.05, 4.69) is 13.5 Å². The van der Waals surface area contributed by atoms with Gasteiger partial charge in [0.25, 0.3) is 0 Å². The lowest BCUT2D eigenvalue weighted by Crippen LogP contribution is -2.27. The molecule has 0 aliphatic rings. The van der Waals surface area contributed by atoms with Gasteiger partial charge >= 0.3 is 0 Å². The molecule has 0 radical (unpaired) electrons. The minimum absolute atomic E-state index is 0.191. The molecule has 0 bridgehead atoms. The third-order valence-corrected chi connectivity index (χ3v) is 1.73. The minimum Gasteiger partial charge on any atom is -0.475 e. The molecule has 13 heavy (non-hydrogen) atoms. The molecule has 2 heteroatoms. The Morgan fingerprint density at radius 1 is 1.54 bits per heavy atom. The number of hydrogen-bond donors (Lipinski definition) is 1. The highest BCUT2D eigenvalue weighted by Crippen LogP contribution is 2.16. The highest BCUT2D eigenvalue weighted by molar-refractivity contribution is 5.75. The van der Waals surface area contributed by atoms with Crippen molar-refractivity contribution in [2.45, 2.75) is 46.1 Å². The van der Waals surface area contributed by atoms with E-state index in [1.165, 1.54) is 0 Å². The zero-order chi connectivity index (χ0) is 10.5. The molecule has 0 saturated heterocycles. The quantitative estimate of drug-likeness (QED) is 0.404. The van der Waals surface area contributed by atoms with E-state index in [4.69, 9.17) is 10.1 Å². The van der Waals surface area contributed by atoms with Gasteiger partial charge in [-0.25, -0.2) is 0 Å². The van der Waals surface area contributed by atoms with Crippen molar-refractivity contribution in [3.63, 3.8) is 0 Å². The molecular weight excluding hydrogens is 162 g/mol. The summed E-state index contributed by atoms with van der Waals surface area (Å²) in [7, 11) is 0. The highest BCUT2D eigenvalue weighted by Gasteiger charge is 2.19. The van der Waals surface area contributed by atoms with Gasteiger partial charge in [-0.1, -0.05) is 13.0 Å². The van der Waals surface area contributed by atoms with Crippen molar-refractivity contribution in [1.82, 2.24) is 0 Å². The van der Waals surface area contributed by atoms with E-state index in [1.807, 2.05) is 26.8 Å². The van der Waals surface area contributed by atoms with Crippen LogP contribution >= 0.6 is 0 Å². The SMILES string of the molecule is C=CCC(CC)C(=N)OC(C)(C)C. The lowest BCUT2D eigenvalue weighted by molar-refractivity contribution is 0.103. The molecule has 0 aromatic heterocycles. The smallest absolute Gasteiger partial charge is 0.184 e. The normalized spacial score (nSPS) is 13.5. The van der Waals surface area contributed by atoms with Gasteiger partial charge in [0, 0.05) is 5.92 Å². The first-order valence-corrected chi connectivity index (χ1v) is 4.79. The van der Waals surface area contributed by atoms with Crippen LogP contribution in [-0.2, 0) is 4.74 Å². The van der Waals surface area contributed by atoms with Crippen molar-refractivity contribution in [3.05, 3.63) is 12.7 Å². The zero-order valence-electron chi connectivity index (χ0n) is 9.18. The van der Waals surface area contributed by atoms with Gasteiger partial charge in [-0.3, -0.25) is 5.41 Å². The maximum absolute atomic E-state index is 7.73. The fourth-order valence-electron chi connectivity index (χ4n) is 1.07. The molecule has 1 atom stereocenters. The van der Waals surface area contributed by atoms with Crippen LogP contribution in [0.1, 0.15) is 40.5 Å². The van der Waals surface area contributed by atoms with E-state index in [9.17, 15) is 0 Å². The Morgan fingerprint density at radius 2 is 2.08 bits per heavy atom. The van der Waals surface area contributed by atoms with E-state index in [0.717, 1.165) is 12.8 Å². The van der Waals surface area contributed by atoms with Crippen LogP contribution in [0.4, 0.5) is 0 Å². The fourth-order valence-corrected chi connectivity index (χ4v) is 1.07. The topological polar surface area (TPSA) is 33.1 Å². The van der Waals surface area contributed by atoms with Gasteiger partial charge < -0.3 is 4.74 Å². The summed E-state index contributed by atoms with van der Waals surface area (Å²) in [6.07, 6.45) is 3.60. The second kappa shape index (κ2) is 5.05. The number of rotatable bonds is 4. The fraction of sp³-hybridized carbons (Fsp3) is 0.727. The van der Waals surface area contributed by atoms with Crippen LogP contribution in [0.5, 0.6) is 0 Å². The molecule has 0 rings (SSSR count).